The summed E-state index contributed by atoms with van der Waals surface area (Å²) in [4.78, 5) is 16.7. The third kappa shape index (κ3) is 4.31. The van der Waals surface area contributed by atoms with E-state index in [2.05, 4.69) is 20.8 Å². The second-order valence-corrected chi connectivity index (χ2v) is 7.19. The van der Waals surface area contributed by atoms with E-state index in [4.69, 9.17) is 4.74 Å². The first-order valence-electron chi connectivity index (χ1n) is 8.18. The smallest absolute Gasteiger partial charge is 0.256 e. The first kappa shape index (κ1) is 16.9. The molecule has 0 bridgehead atoms. The van der Waals surface area contributed by atoms with Crippen LogP contribution in [0.4, 0.5) is 4.39 Å². The van der Waals surface area contributed by atoms with Crippen LogP contribution < -0.4 is 0 Å². The number of morpholine rings is 1. The highest BCUT2D eigenvalue weighted by molar-refractivity contribution is 9.10. The van der Waals surface area contributed by atoms with Crippen LogP contribution >= 0.6 is 15.9 Å². The fourth-order valence-electron chi connectivity index (χ4n) is 3.30. The largest absolute Gasteiger partial charge is 0.379 e. The van der Waals surface area contributed by atoms with Gasteiger partial charge in [0.15, 0.2) is 0 Å². The Balaban J connectivity index is 1.52. The molecule has 1 amide bonds. The molecule has 1 aromatic rings. The van der Waals surface area contributed by atoms with Crippen LogP contribution in [0.2, 0.25) is 0 Å². The summed E-state index contributed by atoms with van der Waals surface area (Å²) in [5, 5.41) is 0. The molecule has 0 saturated carbocycles. The van der Waals surface area contributed by atoms with E-state index in [-0.39, 0.29) is 11.5 Å². The van der Waals surface area contributed by atoms with E-state index in [0.29, 0.717) is 23.5 Å². The molecule has 2 saturated heterocycles. The van der Waals surface area contributed by atoms with Crippen LogP contribution in [0.5, 0.6) is 0 Å². The molecule has 0 atom stereocenters. The van der Waals surface area contributed by atoms with Crippen LogP contribution in [-0.4, -0.2) is 61.6 Å². The highest BCUT2D eigenvalue weighted by Gasteiger charge is 2.26. The Labute approximate surface area is 144 Å². The predicted molar refractivity (Wildman–Crippen MR) is 90.0 cm³/mol. The minimum Gasteiger partial charge on any atom is -0.379 e. The lowest BCUT2D eigenvalue weighted by Crippen LogP contribution is -2.44. The van der Waals surface area contributed by atoms with Gasteiger partial charge in [0.05, 0.1) is 18.8 Å². The summed E-state index contributed by atoms with van der Waals surface area (Å²) in [6.45, 7) is 6.15. The molecule has 0 aromatic heterocycles. The van der Waals surface area contributed by atoms with E-state index in [1.807, 2.05) is 0 Å². The lowest BCUT2D eigenvalue weighted by molar-refractivity contribution is 0.0242. The lowest BCUT2D eigenvalue weighted by atomic mass is 9.95. The molecule has 0 aliphatic carbocycles. The maximum absolute atomic E-state index is 13.9. The minimum atomic E-state index is -0.459. The molecule has 3 rings (SSSR count). The van der Waals surface area contributed by atoms with E-state index in [9.17, 15) is 9.18 Å². The second kappa shape index (κ2) is 7.73. The molecule has 2 aliphatic rings. The molecule has 23 heavy (non-hydrogen) atoms. The monoisotopic (exact) mass is 384 g/mol. The van der Waals surface area contributed by atoms with Gasteiger partial charge in [0, 0.05) is 37.2 Å². The zero-order chi connectivity index (χ0) is 16.2. The molecule has 4 nitrogen and oxygen atoms in total. The number of carbonyl (C=O) groups excluding carboxylic acids is 1. The Morgan fingerprint density at radius 2 is 1.91 bits per heavy atom. The molecular weight excluding hydrogens is 363 g/mol. The summed E-state index contributed by atoms with van der Waals surface area (Å²) in [5.74, 6) is -0.0356. The average Bonchev–Trinajstić information content (AvgIpc) is 2.56. The molecule has 0 N–H and O–H groups in total. The molecule has 0 unspecified atom stereocenters. The Kier molecular flexibility index (Phi) is 5.67. The van der Waals surface area contributed by atoms with Gasteiger partial charge in [-0.3, -0.25) is 9.69 Å². The van der Waals surface area contributed by atoms with Gasteiger partial charge in [-0.25, -0.2) is 4.39 Å². The van der Waals surface area contributed by atoms with E-state index in [1.54, 1.807) is 17.0 Å². The maximum Gasteiger partial charge on any atom is 0.256 e. The molecule has 2 heterocycles. The van der Waals surface area contributed by atoms with Gasteiger partial charge in [0.1, 0.15) is 5.82 Å². The predicted octanol–water partition coefficient (Wildman–Crippen LogP) is 2.77. The van der Waals surface area contributed by atoms with Crippen molar-refractivity contribution in [2.24, 2.45) is 5.92 Å². The van der Waals surface area contributed by atoms with Gasteiger partial charge in [0.2, 0.25) is 0 Å². The van der Waals surface area contributed by atoms with Gasteiger partial charge < -0.3 is 9.64 Å². The Bertz CT molecular complexity index is 556. The second-order valence-electron chi connectivity index (χ2n) is 6.27. The molecule has 126 valence electrons. The highest BCUT2D eigenvalue weighted by Crippen LogP contribution is 2.22. The van der Waals surface area contributed by atoms with Crippen molar-refractivity contribution in [3.8, 4) is 0 Å². The van der Waals surface area contributed by atoms with Gasteiger partial charge in [-0.05, 0) is 37.0 Å². The number of ether oxygens (including phenoxy) is 1. The topological polar surface area (TPSA) is 32.8 Å². The molecule has 0 radical (unpaired) electrons. The van der Waals surface area contributed by atoms with Crippen molar-refractivity contribution in [2.45, 2.75) is 12.8 Å². The molecule has 0 spiro atoms. The molecular formula is C17H22BrFN2O2. The summed E-state index contributed by atoms with van der Waals surface area (Å²) >= 11 is 3.22. The summed E-state index contributed by atoms with van der Waals surface area (Å²) in [7, 11) is 0. The van der Waals surface area contributed by atoms with Gasteiger partial charge in [-0.15, -0.1) is 0 Å². The summed E-state index contributed by atoms with van der Waals surface area (Å²) in [6, 6.07) is 4.61. The van der Waals surface area contributed by atoms with Crippen LogP contribution in [0.15, 0.2) is 22.7 Å². The fraction of sp³-hybridized carbons (Fsp3) is 0.588. The quantitative estimate of drug-likeness (QED) is 0.802. The number of rotatable bonds is 3. The standard InChI is InChI=1S/C17H22BrFN2O2/c18-14-1-2-15(16(19)11-14)17(22)21-5-3-13(4-6-21)12-20-7-9-23-10-8-20/h1-2,11,13H,3-10,12H2. The van der Waals surface area contributed by atoms with Crippen molar-refractivity contribution in [2.75, 3.05) is 45.9 Å². The van der Waals surface area contributed by atoms with E-state index < -0.39 is 5.82 Å². The van der Waals surface area contributed by atoms with Gasteiger partial charge >= 0.3 is 0 Å². The number of amides is 1. The zero-order valence-corrected chi connectivity index (χ0v) is 14.7. The van der Waals surface area contributed by atoms with E-state index in [0.717, 1.165) is 45.7 Å². The highest BCUT2D eigenvalue weighted by atomic mass is 79.9. The first-order valence-corrected chi connectivity index (χ1v) is 8.97. The summed E-state index contributed by atoms with van der Waals surface area (Å²) in [5.41, 5.74) is 0.167. The number of carbonyl (C=O) groups is 1. The fourth-order valence-corrected chi connectivity index (χ4v) is 3.63. The van der Waals surface area contributed by atoms with Crippen LogP contribution in [-0.2, 0) is 4.74 Å². The third-order valence-electron chi connectivity index (χ3n) is 4.68. The summed E-state index contributed by atoms with van der Waals surface area (Å²) in [6.07, 6.45) is 1.97. The molecule has 6 heteroatoms. The van der Waals surface area contributed by atoms with Gasteiger partial charge in [0.25, 0.3) is 5.91 Å². The normalized spacial score (nSPS) is 20.7. The number of hydrogen-bond acceptors (Lipinski definition) is 3. The SMILES string of the molecule is O=C(c1ccc(Br)cc1F)N1CCC(CN2CCOCC2)CC1. The van der Waals surface area contributed by atoms with E-state index >= 15 is 0 Å². The van der Waals surface area contributed by atoms with Gasteiger partial charge in [-0.1, -0.05) is 15.9 Å². The zero-order valence-electron chi connectivity index (χ0n) is 13.1. The number of benzene rings is 1. The van der Waals surface area contributed by atoms with E-state index in [1.165, 1.54) is 6.07 Å². The van der Waals surface area contributed by atoms with Crippen molar-refractivity contribution >= 4 is 21.8 Å². The van der Waals surface area contributed by atoms with Crippen LogP contribution in [0.1, 0.15) is 23.2 Å². The number of halogens is 2. The van der Waals surface area contributed by atoms with Crippen molar-refractivity contribution in [3.63, 3.8) is 0 Å². The van der Waals surface area contributed by atoms with Crippen molar-refractivity contribution in [1.29, 1.82) is 0 Å². The van der Waals surface area contributed by atoms with Crippen molar-refractivity contribution in [1.82, 2.24) is 9.80 Å². The van der Waals surface area contributed by atoms with Crippen molar-refractivity contribution in [3.05, 3.63) is 34.1 Å². The van der Waals surface area contributed by atoms with Crippen LogP contribution in [0, 0.1) is 11.7 Å². The number of nitrogens with zero attached hydrogens (tertiary/aromatic N) is 2. The maximum atomic E-state index is 13.9. The van der Waals surface area contributed by atoms with Crippen LogP contribution in [0.3, 0.4) is 0 Å². The number of hydrogen-bond donors (Lipinski definition) is 0. The van der Waals surface area contributed by atoms with Gasteiger partial charge in [-0.2, -0.15) is 0 Å². The Hall–Kier alpha value is -0.980. The minimum absolute atomic E-state index is 0.167. The molecule has 1 aromatic carbocycles. The summed E-state index contributed by atoms with van der Waals surface area (Å²) < 4.78 is 20.0. The number of likely N-dealkylation sites (tertiary alicyclic amines) is 1. The average molecular weight is 385 g/mol. The lowest BCUT2D eigenvalue weighted by Gasteiger charge is -2.36. The Morgan fingerprint density at radius 3 is 2.57 bits per heavy atom. The number of piperidine rings is 1. The Morgan fingerprint density at radius 1 is 1.22 bits per heavy atom. The molecule has 2 fully saturated rings. The third-order valence-corrected chi connectivity index (χ3v) is 5.18. The van der Waals surface area contributed by atoms with Crippen LogP contribution in [0.25, 0.3) is 0 Å². The molecule has 2 aliphatic heterocycles. The van der Waals surface area contributed by atoms with Crippen molar-refractivity contribution < 1.29 is 13.9 Å². The first-order chi connectivity index (χ1) is 11.1.